The molecule has 0 fully saturated rings. The van der Waals surface area contributed by atoms with Crippen LogP contribution in [0.4, 0.5) is 0 Å². The summed E-state index contributed by atoms with van der Waals surface area (Å²) in [5, 5.41) is 9.02. The summed E-state index contributed by atoms with van der Waals surface area (Å²) in [6, 6.07) is 3.55. The molecule has 0 aromatic carbocycles. The maximum atomic E-state index is 9.02. The Bertz CT molecular complexity index is 429. The van der Waals surface area contributed by atoms with E-state index in [0.29, 0.717) is 5.92 Å². The SMILES string of the molecule is CC[C@@H](C)C[C@H](C)/C=C(\C)[C@@H](O[Si](CC)(CC)CC)/C(C)=C\CCCCO. The summed E-state index contributed by atoms with van der Waals surface area (Å²) in [5.74, 6) is 1.36. The summed E-state index contributed by atoms with van der Waals surface area (Å²) in [5.41, 5.74) is 2.73. The molecule has 3 atom stereocenters. The molecule has 160 valence electrons. The standard InChI is InChI=1S/C24H48O2Si/c1-9-20(5)18-21(6)19-23(8)24(22(7)16-14-13-15-17-25)26-27(10-2,11-3)12-4/h16,19-21,24-25H,9-15,17-18H2,1-8H3/b22-16-,23-19+/t20-,21+,24+/m1/s1. The Balaban J connectivity index is 5.48. The second kappa shape index (κ2) is 14.6. The molecule has 1 N–H and O–H groups in total. The third-order valence-electron chi connectivity index (χ3n) is 6.23. The lowest BCUT2D eigenvalue weighted by atomic mass is 9.92. The average molecular weight is 397 g/mol. The molecule has 0 aromatic heterocycles. The molecular weight excluding hydrogens is 348 g/mol. The van der Waals surface area contributed by atoms with Crippen LogP contribution in [0.3, 0.4) is 0 Å². The lowest BCUT2D eigenvalue weighted by molar-refractivity contribution is 0.252. The second-order valence-corrected chi connectivity index (χ2v) is 13.3. The highest BCUT2D eigenvalue weighted by Crippen LogP contribution is 2.30. The van der Waals surface area contributed by atoms with Crippen molar-refractivity contribution in [3.63, 3.8) is 0 Å². The molecule has 0 saturated carbocycles. The summed E-state index contributed by atoms with van der Waals surface area (Å²) >= 11 is 0. The maximum absolute atomic E-state index is 9.02. The fraction of sp³-hybridized carbons (Fsp3) is 0.833. The Morgan fingerprint density at radius 1 is 0.963 bits per heavy atom. The second-order valence-electron chi connectivity index (χ2n) is 8.55. The Labute approximate surface area is 171 Å². The van der Waals surface area contributed by atoms with Crippen molar-refractivity contribution in [3.8, 4) is 0 Å². The molecule has 3 heteroatoms. The Morgan fingerprint density at radius 3 is 2.04 bits per heavy atom. The van der Waals surface area contributed by atoms with E-state index in [9.17, 15) is 0 Å². The van der Waals surface area contributed by atoms with Crippen LogP contribution in [0.15, 0.2) is 23.3 Å². The highest BCUT2D eigenvalue weighted by molar-refractivity contribution is 6.73. The van der Waals surface area contributed by atoms with Gasteiger partial charge in [-0.2, -0.15) is 0 Å². The zero-order valence-corrected chi connectivity index (χ0v) is 20.6. The van der Waals surface area contributed by atoms with Gasteiger partial charge in [0.25, 0.3) is 0 Å². The summed E-state index contributed by atoms with van der Waals surface area (Å²) in [4.78, 5) is 0. The quantitative estimate of drug-likeness (QED) is 0.176. The molecule has 0 saturated heterocycles. The summed E-state index contributed by atoms with van der Waals surface area (Å²) < 4.78 is 6.95. The van der Waals surface area contributed by atoms with Crippen LogP contribution in [0.1, 0.15) is 87.5 Å². The maximum Gasteiger partial charge on any atom is 0.193 e. The number of unbranched alkanes of at least 4 members (excludes halogenated alkanes) is 2. The molecule has 0 aromatic rings. The van der Waals surface area contributed by atoms with Crippen molar-refractivity contribution >= 4 is 8.32 Å². The fourth-order valence-electron chi connectivity index (χ4n) is 3.89. The predicted molar refractivity (Wildman–Crippen MR) is 124 cm³/mol. The van der Waals surface area contributed by atoms with Gasteiger partial charge in [-0.1, -0.05) is 60.1 Å². The van der Waals surface area contributed by atoms with Crippen molar-refractivity contribution < 1.29 is 9.53 Å². The summed E-state index contributed by atoms with van der Waals surface area (Å²) in [6.45, 7) is 18.7. The smallest absolute Gasteiger partial charge is 0.193 e. The molecule has 0 aliphatic rings. The number of aliphatic hydroxyl groups excluding tert-OH is 1. The van der Waals surface area contributed by atoms with Crippen molar-refractivity contribution in [3.05, 3.63) is 23.3 Å². The highest BCUT2D eigenvalue weighted by Gasteiger charge is 2.33. The van der Waals surface area contributed by atoms with Gasteiger partial charge in [0, 0.05) is 6.61 Å². The van der Waals surface area contributed by atoms with Crippen LogP contribution in [-0.4, -0.2) is 26.1 Å². The van der Waals surface area contributed by atoms with Crippen molar-refractivity contribution in [2.75, 3.05) is 6.61 Å². The van der Waals surface area contributed by atoms with Gasteiger partial charge in [0.1, 0.15) is 0 Å². The number of allylic oxidation sites excluding steroid dienone is 2. The van der Waals surface area contributed by atoms with E-state index in [2.05, 4.69) is 67.5 Å². The topological polar surface area (TPSA) is 29.5 Å². The van der Waals surface area contributed by atoms with Crippen molar-refractivity contribution in [1.29, 1.82) is 0 Å². The molecule has 0 aliphatic heterocycles. The minimum atomic E-state index is -1.67. The molecule has 0 aliphatic carbocycles. The van der Waals surface area contributed by atoms with Crippen LogP contribution in [0.2, 0.25) is 18.1 Å². The minimum Gasteiger partial charge on any atom is -0.407 e. The van der Waals surface area contributed by atoms with E-state index in [1.165, 1.54) is 42.1 Å². The zero-order chi connectivity index (χ0) is 20.9. The minimum absolute atomic E-state index is 0.130. The van der Waals surface area contributed by atoms with Gasteiger partial charge in [0.05, 0.1) is 6.10 Å². The Morgan fingerprint density at radius 2 is 1.56 bits per heavy atom. The van der Waals surface area contributed by atoms with Gasteiger partial charge in [0.15, 0.2) is 8.32 Å². The van der Waals surface area contributed by atoms with E-state index in [0.717, 1.165) is 25.2 Å². The van der Waals surface area contributed by atoms with Crippen molar-refractivity contribution in [1.82, 2.24) is 0 Å². The molecule has 0 spiro atoms. The molecule has 0 unspecified atom stereocenters. The first-order valence-corrected chi connectivity index (χ1v) is 14.0. The van der Waals surface area contributed by atoms with E-state index >= 15 is 0 Å². The van der Waals surface area contributed by atoms with Crippen LogP contribution in [-0.2, 0) is 4.43 Å². The van der Waals surface area contributed by atoms with Gasteiger partial charge >= 0.3 is 0 Å². The predicted octanol–water partition coefficient (Wildman–Crippen LogP) is 7.50. The lowest BCUT2D eigenvalue weighted by Crippen LogP contribution is -2.40. The molecule has 0 radical (unpaired) electrons. The molecule has 0 rings (SSSR count). The van der Waals surface area contributed by atoms with Gasteiger partial charge in [-0.25, -0.2) is 0 Å². The van der Waals surface area contributed by atoms with Gasteiger partial charge in [0.2, 0.25) is 0 Å². The third kappa shape index (κ3) is 10.1. The van der Waals surface area contributed by atoms with Gasteiger partial charge in [-0.05, 0) is 80.6 Å². The first-order valence-electron chi connectivity index (χ1n) is 11.4. The molecule has 0 bridgehead atoms. The highest BCUT2D eigenvalue weighted by atomic mass is 28.4. The van der Waals surface area contributed by atoms with E-state index in [1.54, 1.807) is 0 Å². The van der Waals surface area contributed by atoms with E-state index in [-0.39, 0.29) is 12.7 Å². The van der Waals surface area contributed by atoms with Crippen LogP contribution in [0, 0.1) is 11.8 Å². The van der Waals surface area contributed by atoms with Crippen LogP contribution < -0.4 is 0 Å². The molecule has 0 amide bonds. The number of hydrogen-bond acceptors (Lipinski definition) is 2. The normalized spacial score (nSPS) is 17.1. The Hall–Kier alpha value is -0.383. The van der Waals surface area contributed by atoms with Crippen LogP contribution >= 0.6 is 0 Å². The van der Waals surface area contributed by atoms with Gasteiger partial charge in [-0.15, -0.1) is 0 Å². The third-order valence-corrected chi connectivity index (χ3v) is 10.8. The van der Waals surface area contributed by atoms with Gasteiger partial charge in [-0.3, -0.25) is 0 Å². The largest absolute Gasteiger partial charge is 0.407 e. The van der Waals surface area contributed by atoms with Gasteiger partial charge < -0.3 is 9.53 Å². The summed E-state index contributed by atoms with van der Waals surface area (Å²) in [7, 11) is -1.67. The first-order chi connectivity index (χ1) is 12.8. The molecular formula is C24H48O2Si. The lowest BCUT2D eigenvalue weighted by Gasteiger charge is -2.35. The van der Waals surface area contributed by atoms with E-state index < -0.39 is 8.32 Å². The summed E-state index contributed by atoms with van der Waals surface area (Å²) in [6.07, 6.45) is 10.4. The van der Waals surface area contributed by atoms with Crippen LogP contribution in [0.25, 0.3) is 0 Å². The molecule has 27 heavy (non-hydrogen) atoms. The number of hydrogen-bond donors (Lipinski definition) is 1. The molecule has 0 heterocycles. The average Bonchev–Trinajstić information content (AvgIpc) is 2.66. The Kier molecular flexibility index (Phi) is 14.4. The van der Waals surface area contributed by atoms with Crippen molar-refractivity contribution in [2.24, 2.45) is 11.8 Å². The van der Waals surface area contributed by atoms with Crippen LogP contribution in [0.5, 0.6) is 0 Å². The van der Waals surface area contributed by atoms with Crippen molar-refractivity contribution in [2.45, 2.75) is 112 Å². The first kappa shape index (κ1) is 26.6. The van der Waals surface area contributed by atoms with E-state index in [4.69, 9.17) is 9.53 Å². The zero-order valence-electron chi connectivity index (χ0n) is 19.6. The van der Waals surface area contributed by atoms with E-state index in [1.807, 2.05) is 0 Å². The number of aliphatic hydroxyl groups is 1. The number of rotatable bonds is 15. The fourth-order valence-corrected chi connectivity index (χ4v) is 6.77. The molecule has 2 nitrogen and oxygen atoms in total. The monoisotopic (exact) mass is 396 g/mol.